The van der Waals surface area contributed by atoms with Gasteiger partial charge < -0.3 is 28.6 Å². The van der Waals surface area contributed by atoms with Crippen molar-refractivity contribution in [2.75, 3.05) is 40.5 Å². The zero-order chi connectivity index (χ0) is 36.8. The lowest BCUT2D eigenvalue weighted by molar-refractivity contribution is -0.384. The highest BCUT2D eigenvalue weighted by Crippen LogP contribution is 2.45. The molecular weight excluding hydrogens is 671 g/mol. The van der Waals surface area contributed by atoms with Gasteiger partial charge in [0, 0.05) is 55.3 Å². The maximum atomic E-state index is 15.0. The standard InChI is InChI=1S/C37H42F3N3O8/c1-4-50-34(44)15-12-26-19-32(48-2)35(33(20-26)49-3)51-28-11-8-17-41(18-16-28)24-36(45,37(38,39)40)30-23-42(22-25-9-6-5-7-10-25)31-21-27(43(46)47)13-14-29(30)31/h5-7,9-10,13-14,19-21,23,28,45H,4,8,11-12,15-18,22,24H2,1-3H3. The summed E-state index contributed by atoms with van der Waals surface area (Å²) in [5, 5.41) is 23.4. The summed E-state index contributed by atoms with van der Waals surface area (Å²) in [4.78, 5) is 24.5. The molecule has 5 rings (SSSR count). The Morgan fingerprint density at radius 1 is 1.00 bits per heavy atom. The van der Waals surface area contributed by atoms with Gasteiger partial charge in [0.15, 0.2) is 11.5 Å². The first-order chi connectivity index (χ1) is 24.4. The number of non-ortho nitro benzene ring substituents is 1. The maximum absolute atomic E-state index is 15.0. The Labute approximate surface area is 293 Å². The monoisotopic (exact) mass is 713 g/mol. The number of esters is 1. The summed E-state index contributed by atoms with van der Waals surface area (Å²) in [6.07, 6.45) is -2.26. The number of benzene rings is 3. The van der Waals surface area contributed by atoms with Gasteiger partial charge in [-0.1, -0.05) is 30.3 Å². The number of aliphatic hydroxyl groups is 1. The van der Waals surface area contributed by atoms with E-state index in [1.807, 2.05) is 6.07 Å². The Bertz CT molecular complexity index is 1810. The molecular formula is C37H42F3N3O8. The molecule has 2 atom stereocenters. The number of ether oxygens (including phenoxy) is 4. The molecule has 0 radical (unpaired) electrons. The van der Waals surface area contributed by atoms with Gasteiger partial charge in [-0.3, -0.25) is 19.8 Å². The molecule has 0 bridgehead atoms. The second-order valence-corrected chi connectivity index (χ2v) is 12.6. The van der Waals surface area contributed by atoms with E-state index < -0.39 is 29.3 Å². The Morgan fingerprint density at radius 3 is 2.33 bits per heavy atom. The molecule has 2 unspecified atom stereocenters. The molecule has 0 saturated carbocycles. The second-order valence-electron chi connectivity index (χ2n) is 12.6. The predicted octanol–water partition coefficient (Wildman–Crippen LogP) is 6.79. The number of halogens is 3. The highest BCUT2D eigenvalue weighted by atomic mass is 19.4. The van der Waals surface area contributed by atoms with Gasteiger partial charge in [0.05, 0.1) is 31.3 Å². The van der Waals surface area contributed by atoms with Crippen molar-refractivity contribution < 1.29 is 46.9 Å². The van der Waals surface area contributed by atoms with E-state index >= 15 is 13.2 Å². The zero-order valence-electron chi connectivity index (χ0n) is 28.8. The van der Waals surface area contributed by atoms with Crippen LogP contribution in [0.2, 0.25) is 0 Å². The minimum atomic E-state index is -5.07. The molecule has 14 heteroatoms. The van der Waals surface area contributed by atoms with Crippen LogP contribution in [-0.2, 0) is 28.1 Å². The van der Waals surface area contributed by atoms with Crippen molar-refractivity contribution in [1.82, 2.24) is 9.47 Å². The van der Waals surface area contributed by atoms with Gasteiger partial charge in [-0.25, -0.2) is 0 Å². The number of nitro groups is 1. The molecule has 51 heavy (non-hydrogen) atoms. The molecule has 1 fully saturated rings. The van der Waals surface area contributed by atoms with Crippen LogP contribution in [0.4, 0.5) is 18.9 Å². The number of nitrogens with zero attached hydrogens (tertiary/aromatic N) is 3. The van der Waals surface area contributed by atoms with Crippen LogP contribution in [-0.4, -0.2) is 78.2 Å². The lowest BCUT2D eigenvalue weighted by Gasteiger charge is -2.35. The third-order valence-electron chi connectivity index (χ3n) is 9.14. The normalized spacial score (nSPS) is 16.6. The van der Waals surface area contributed by atoms with Crippen molar-refractivity contribution in [2.24, 2.45) is 0 Å². The van der Waals surface area contributed by atoms with E-state index in [1.54, 1.807) is 48.2 Å². The number of fused-ring (bicyclic) bond motifs is 1. The predicted molar refractivity (Wildman–Crippen MR) is 183 cm³/mol. The van der Waals surface area contributed by atoms with Crippen LogP contribution < -0.4 is 14.2 Å². The van der Waals surface area contributed by atoms with Crippen LogP contribution in [0.3, 0.4) is 0 Å². The van der Waals surface area contributed by atoms with E-state index in [0.29, 0.717) is 49.5 Å². The first-order valence-corrected chi connectivity index (χ1v) is 16.8. The Balaban J connectivity index is 1.38. The summed E-state index contributed by atoms with van der Waals surface area (Å²) in [6.45, 7) is 1.90. The first kappa shape index (κ1) is 37.4. The molecule has 3 aromatic carbocycles. The summed E-state index contributed by atoms with van der Waals surface area (Å²) in [6, 6.07) is 16.2. The molecule has 274 valence electrons. The average Bonchev–Trinajstić information content (AvgIpc) is 3.32. The maximum Gasteiger partial charge on any atom is 0.422 e. The number of likely N-dealkylation sites (tertiary alicyclic amines) is 1. The van der Waals surface area contributed by atoms with Gasteiger partial charge in [0.25, 0.3) is 5.69 Å². The number of carbonyl (C=O) groups excluding carboxylic acids is 1. The van der Waals surface area contributed by atoms with Crippen LogP contribution in [0, 0.1) is 10.1 Å². The van der Waals surface area contributed by atoms with Gasteiger partial charge in [0.1, 0.15) is 6.10 Å². The molecule has 1 aliphatic rings. The van der Waals surface area contributed by atoms with Crippen molar-refractivity contribution >= 4 is 22.6 Å². The number of hydrogen-bond donors (Lipinski definition) is 1. The highest BCUT2D eigenvalue weighted by molar-refractivity contribution is 5.87. The fraction of sp³-hybridized carbons (Fsp3) is 0.432. The fourth-order valence-corrected chi connectivity index (χ4v) is 6.53. The minimum absolute atomic E-state index is 0.0808. The van der Waals surface area contributed by atoms with E-state index in [1.165, 1.54) is 37.1 Å². The number of rotatable bonds is 14. The first-order valence-electron chi connectivity index (χ1n) is 16.8. The lowest BCUT2D eigenvalue weighted by Crippen LogP contribution is -2.51. The Morgan fingerprint density at radius 2 is 1.71 bits per heavy atom. The van der Waals surface area contributed by atoms with Crippen molar-refractivity contribution in [3.05, 3.63) is 93.7 Å². The second kappa shape index (κ2) is 16.0. The lowest BCUT2D eigenvalue weighted by atomic mass is 9.91. The number of nitro benzene ring substituents is 1. The van der Waals surface area contributed by atoms with Gasteiger partial charge >= 0.3 is 12.1 Å². The SMILES string of the molecule is CCOC(=O)CCc1cc(OC)c(OC2CCCN(CC(O)(c3cn(Cc4ccccc4)c4cc([N+](=O)[O-])ccc34)C(F)(F)F)CC2)c(OC)c1. The van der Waals surface area contributed by atoms with E-state index in [0.717, 1.165) is 17.2 Å². The molecule has 4 aromatic rings. The molecule has 1 saturated heterocycles. The summed E-state index contributed by atoms with van der Waals surface area (Å²) in [5.74, 6) is 0.823. The van der Waals surface area contributed by atoms with Crippen LogP contribution in [0.25, 0.3) is 10.9 Å². The van der Waals surface area contributed by atoms with Gasteiger partial charge in [-0.15, -0.1) is 0 Å². The quantitative estimate of drug-likeness (QED) is 0.0854. The molecule has 11 nitrogen and oxygen atoms in total. The van der Waals surface area contributed by atoms with Crippen molar-refractivity contribution in [2.45, 2.75) is 63.5 Å². The van der Waals surface area contributed by atoms with E-state index in [-0.39, 0.29) is 54.2 Å². The van der Waals surface area contributed by atoms with Crippen molar-refractivity contribution in [1.29, 1.82) is 0 Å². The molecule has 2 heterocycles. The number of alkyl halides is 3. The number of β-amino-alcohol motifs (C(OH)–C–C–N with tert-alkyl or cyclic N) is 1. The highest BCUT2D eigenvalue weighted by Gasteiger charge is 2.57. The Hall–Kier alpha value is -4.82. The smallest absolute Gasteiger partial charge is 0.422 e. The van der Waals surface area contributed by atoms with Crippen molar-refractivity contribution in [3.63, 3.8) is 0 Å². The third-order valence-corrected chi connectivity index (χ3v) is 9.14. The number of methoxy groups -OCH3 is 2. The van der Waals surface area contributed by atoms with Crippen LogP contribution >= 0.6 is 0 Å². The van der Waals surface area contributed by atoms with Gasteiger partial charge in [-0.05, 0) is 68.5 Å². The van der Waals surface area contributed by atoms with Crippen LogP contribution in [0.1, 0.15) is 49.3 Å². The topological polar surface area (TPSA) is 126 Å². The van der Waals surface area contributed by atoms with Gasteiger partial charge in [0.2, 0.25) is 11.4 Å². The molecule has 0 amide bonds. The molecule has 1 aliphatic heterocycles. The summed E-state index contributed by atoms with van der Waals surface area (Å²) in [5.41, 5.74) is -2.15. The van der Waals surface area contributed by atoms with E-state index in [9.17, 15) is 20.0 Å². The fourth-order valence-electron chi connectivity index (χ4n) is 6.53. The molecule has 0 spiro atoms. The average molecular weight is 714 g/mol. The van der Waals surface area contributed by atoms with E-state index in [2.05, 4.69) is 0 Å². The number of carbonyl (C=O) groups is 1. The van der Waals surface area contributed by atoms with Crippen molar-refractivity contribution in [3.8, 4) is 17.2 Å². The van der Waals surface area contributed by atoms with E-state index in [4.69, 9.17) is 18.9 Å². The summed E-state index contributed by atoms with van der Waals surface area (Å²) >= 11 is 0. The zero-order valence-corrected chi connectivity index (χ0v) is 28.8. The molecule has 1 N–H and O–H groups in total. The van der Waals surface area contributed by atoms with Gasteiger partial charge in [-0.2, -0.15) is 13.2 Å². The molecule has 1 aromatic heterocycles. The summed E-state index contributed by atoms with van der Waals surface area (Å²) < 4.78 is 69.2. The third kappa shape index (κ3) is 8.56. The number of aryl methyl sites for hydroxylation is 1. The van der Waals surface area contributed by atoms with Crippen LogP contribution in [0.15, 0.2) is 66.9 Å². The Kier molecular flexibility index (Phi) is 11.8. The number of hydrogen-bond acceptors (Lipinski definition) is 9. The minimum Gasteiger partial charge on any atom is -0.493 e. The summed E-state index contributed by atoms with van der Waals surface area (Å²) in [7, 11) is 2.97. The molecule has 0 aliphatic carbocycles. The largest absolute Gasteiger partial charge is 0.493 e. The van der Waals surface area contributed by atoms with Crippen LogP contribution in [0.5, 0.6) is 17.2 Å². The number of aromatic nitrogens is 1.